The molecular formula is C13H22N4O2S. The van der Waals surface area contributed by atoms with E-state index in [0.717, 1.165) is 0 Å². The van der Waals surface area contributed by atoms with E-state index in [0.29, 0.717) is 12.5 Å². The van der Waals surface area contributed by atoms with E-state index in [9.17, 15) is 8.42 Å². The third-order valence-electron chi connectivity index (χ3n) is 2.41. The molecule has 0 aliphatic rings. The molecule has 0 heterocycles. The van der Waals surface area contributed by atoms with Crippen molar-refractivity contribution in [3.8, 4) is 0 Å². The lowest BCUT2D eigenvalue weighted by atomic mass is 10.4. The van der Waals surface area contributed by atoms with Gasteiger partial charge in [-0.05, 0) is 26.0 Å². The maximum absolute atomic E-state index is 11.9. The molecule has 3 N–H and O–H groups in total. The first kappa shape index (κ1) is 16.5. The van der Waals surface area contributed by atoms with Crippen LogP contribution >= 0.6 is 0 Å². The Morgan fingerprint density at radius 3 is 2.40 bits per heavy atom. The number of benzene rings is 1. The molecule has 0 saturated carbocycles. The van der Waals surface area contributed by atoms with Gasteiger partial charge in [-0.3, -0.25) is 4.99 Å². The average Bonchev–Trinajstić information content (AvgIpc) is 2.42. The predicted octanol–water partition coefficient (Wildman–Crippen LogP) is 0.538. The van der Waals surface area contributed by atoms with Gasteiger partial charge in [0.1, 0.15) is 0 Å². The van der Waals surface area contributed by atoms with Gasteiger partial charge < -0.3 is 10.6 Å². The Morgan fingerprint density at radius 1 is 1.20 bits per heavy atom. The van der Waals surface area contributed by atoms with E-state index in [1.165, 1.54) is 0 Å². The summed E-state index contributed by atoms with van der Waals surface area (Å²) in [4.78, 5) is 4.31. The molecule has 0 bridgehead atoms. The highest BCUT2D eigenvalue weighted by Crippen LogP contribution is 2.06. The van der Waals surface area contributed by atoms with E-state index in [2.05, 4.69) is 20.3 Å². The van der Waals surface area contributed by atoms with Crippen LogP contribution in [0.15, 0.2) is 40.2 Å². The summed E-state index contributed by atoms with van der Waals surface area (Å²) in [5, 5.41) is 6.16. The van der Waals surface area contributed by atoms with Crippen molar-refractivity contribution in [2.45, 2.75) is 24.8 Å². The minimum atomic E-state index is -3.44. The van der Waals surface area contributed by atoms with E-state index in [4.69, 9.17) is 0 Å². The number of rotatable bonds is 6. The summed E-state index contributed by atoms with van der Waals surface area (Å²) in [5.74, 6) is 0.652. The predicted molar refractivity (Wildman–Crippen MR) is 81.3 cm³/mol. The number of guanidine groups is 1. The van der Waals surface area contributed by atoms with E-state index >= 15 is 0 Å². The second kappa shape index (κ2) is 7.86. The molecule has 0 fully saturated rings. The van der Waals surface area contributed by atoms with Crippen LogP contribution in [0.4, 0.5) is 0 Å². The summed E-state index contributed by atoms with van der Waals surface area (Å²) in [6, 6.07) is 8.57. The molecular weight excluding hydrogens is 276 g/mol. The number of aliphatic imine (C=N–C) groups is 1. The van der Waals surface area contributed by atoms with Crippen LogP contribution in [0.5, 0.6) is 0 Å². The van der Waals surface area contributed by atoms with Gasteiger partial charge in [0.15, 0.2) is 5.96 Å². The van der Waals surface area contributed by atoms with E-state index in [-0.39, 0.29) is 17.5 Å². The lowest BCUT2D eigenvalue weighted by Gasteiger charge is -2.14. The number of nitrogens with zero attached hydrogens (tertiary/aromatic N) is 1. The van der Waals surface area contributed by atoms with Crippen LogP contribution in [0, 0.1) is 0 Å². The molecule has 0 amide bonds. The van der Waals surface area contributed by atoms with Crippen molar-refractivity contribution in [3.05, 3.63) is 30.3 Å². The molecule has 0 atom stereocenters. The van der Waals surface area contributed by atoms with Gasteiger partial charge in [0.2, 0.25) is 10.0 Å². The van der Waals surface area contributed by atoms with Crippen LogP contribution in [0.25, 0.3) is 0 Å². The third kappa shape index (κ3) is 5.58. The van der Waals surface area contributed by atoms with E-state index < -0.39 is 10.0 Å². The minimum absolute atomic E-state index is 0.266. The Balaban J connectivity index is 2.41. The first-order valence-corrected chi connectivity index (χ1v) is 7.96. The fourth-order valence-electron chi connectivity index (χ4n) is 1.52. The van der Waals surface area contributed by atoms with Crippen LogP contribution in [0.2, 0.25) is 0 Å². The molecule has 0 aliphatic heterocycles. The SMILES string of the molecule is CN=C(NCCNS(=O)(=O)c1ccccc1)NC(C)C. The molecule has 0 saturated heterocycles. The van der Waals surface area contributed by atoms with E-state index in [1.54, 1.807) is 37.4 Å². The third-order valence-corrected chi connectivity index (χ3v) is 3.89. The van der Waals surface area contributed by atoms with Crippen LogP contribution in [0.3, 0.4) is 0 Å². The molecule has 1 aromatic carbocycles. The average molecular weight is 298 g/mol. The molecule has 112 valence electrons. The maximum atomic E-state index is 11.9. The Labute approximate surface area is 120 Å². The highest BCUT2D eigenvalue weighted by molar-refractivity contribution is 7.89. The topological polar surface area (TPSA) is 82.6 Å². The molecule has 0 radical (unpaired) electrons. The number of nitrogens with one attached hydrogen (secondary N) is 3. The quantitative estimate of drug-likeness (QED) is 0.407. The van der Waals surface area contributed by atoms with Crippen LogP contribution in [-0.4, -0.2) is 40.6 Å². The molecule has 6 nitrogen and oxygen atoms in total. The van der Waals surface area contributed by atoms with Crippen molar-refractivity contribution in [2.75, 3.05) is 20.1 Å². The monoisotopic (exact) mass is 298 g/mol. The lowest BCUT2D eigenvalue weighted by Crippen LogP contribution is -2.43. The fraction of sp³-hybridized carbons (Fsp3) is 0.462. The normalized spacial score (nSPS) is 12.5. The van der Waals surface area contributed by atoms with Crippen molar-refractivity contribution in [3.63, 3.8) is 0 Å². The summed E-state index contributed by atoms with van der Waals surface area (Å²) >= 11 is 0. The number of hydrogen-bond acceptors (Lipinski definition) is 3. The van der Waals surface area contributed by atoms with Gasteiger partial charge in [-0.15, -0.1) is 0 Å². The van der Waals surface area contributed by atoms with Gasteiger partial charge in [0, 0.05) is 26.2 Å². The van der Waals surface area contributed by atoms with Gasteiger partial charge >= 0.3 is 0 Å². The van der Waals surface area contributed by atoms with Crippen molar-refractivity contribution in [1.82, 2.24) is 15.4 Å². The lowest BCUT2D eigenvalue weighted by molar-refractivity contribution is 0.580. The van der Waals surface area contributed by atoms with Crippen molar-refractivity contribution < 1.29 is 8.42 Å². The highest BCUT2D eigenvalue weighted by atomic mass is 32.2. The number of sulfonamides is 1. The van der Waals surface area contributed by atoms with Gasteiger partial charge in [-0.1, -0.05) is 18.2 Å². The largest absolute Gasteiger partial charge is 0.355 e. The second-order valence-electron chi connectivity index (χ2n) is 4.51. The summed E-state index contributed by atoms with van der Waals surface area (Å²) in [6.07, 6.45) is 0. The zero-order valence-electron chi connectivity index (χ0n) is 12.1. The Bertz CT molecular complexity index is 527. The van der Waals surface area contributed by atoms with Crippen LogP contribution < -0.4 is 15.4 Å². The smallest absolute Gasteiger partial charge is 0.240 e. The van der Waals surface area contributed by atoms with Crippen molar-refractivity contribution in [1.29, 1.82) is 0 Å². The number of hydrogen-bond donors (Lipinski definition) is 3. The molecule has 0 spiro atoms. The fourth-order valence-corrected chi connectivity index (χ4v) is 2.57. The van der Waals surface area contributed by atoms with Gasteiger partial charge in [-0.2, -0.15) is 0 Å². The molecule has 1 aromatic rings. The summed E-state index contributed by atoms with van der Waals surface area (Å²) in [6.45, 7) is 4.75. The minimum Gasteiger partial charge on any atom is -0.355 e. The molecule has 7 heteroatoms. The van der Waals surface area contributed by atoms with Gasteiger partial charge in [0.05, 0.1) is 4.90 Å². The second-order valence-corrected chi connectivity index (χ2v) is 6.28. The van der Waals surface area contributed by atoms with Crippen molar-refractivity contribution in [2.24, 2.45) is 4.99 Å². The standard InChI is InChI=1S/C13H22N4O2S/c1-11(2)17-13(14-3)15-9-10-16-20(18,19)12-7-5-4-6-8-12/h4-8,11,16H,9-10H2,1-3H3,(H2,14,15,17). The maximum Gasteiger partial charge on any atom is 0.240 e. The molecule has 1 rings (SSSR count). The zero-order chi connectivity index (χ0) is 15.0. The highest BCUT2D eigenvalue weighted by Gasteiger charge is 2.11. The molecule has 0 aliphatic carbocycles. The first-order valence-electron chi connectivity index (χ1n) is 6.47. The van der Waals surface area contributed by atoms with Gasteiger partial charge in [0.25, 0.3) is 0 Å². The Hall–Kier alpha value is -1.60. The summed E-state index contributed by atoms with van der Waals surface area (Å²) in [5.41, 5.74) is 0. The molecule has 0 unspecified atom stereocenters. The molecule has 20 heavy (non-hydrogen) atoms. The Morgan fingerprint density at radius 2 is 1.85 bits per heavy atom. The molecule has 0 aromatic heterocycles. The summed E-state index contributed by atoms with van der Waals surface area (Å²) < 4.78 is 26.4. The van der Waals surface area contributed by atoms with Crippen molar-refractivity contribution >= 4 is 16.0 Å². The van der Waals surface area contributed by atoms with Gasteiger partial charge in [-0.25, -0.2) is 13.1 Å². The zero-order valence-corrected chi connectivity index (χ0v) is 12.9. The Kier molecular flexibility index (Phi) is 6.47. The van der Waals surface area contributed by atoms with Crippen LogP contribution in [-0.2, 0) is 10.0 Å². The van der Waals surface area contributed by atoms with E-state index in [1.807, 2.05) is 13.8 Å². The first-order chi connectivity index (χ1) is 9.45. The van der Waals surface area contributed by atoms with Crippen LogP contribution in [0.1, 0.15) is 13.8 Å². The summed E-state index contributed by atoms with van der Waals surface area (Å²) in [7, 11) is -1.77.